The van der Waals surface area contributed by atoms with Gasteiger partial charge in [-0.2, -0.15) is 0 Å². The van der Waals surface area contributed by atoms with Gasteiger partial charge in [0, 0.05) is 43.5 Å². The first kappa shape index (κ1) is 9.75. The second-order valence-electron chi connectivity index (χ2n) is 4.46. The average Bonchev–Trinajstić information content (AvgIpc) is 3.02. The maximum absolute atomic E-state index is 4.52. The predicted molar refractivity (Wildman–Crippen MR) is 62.2 cm³/mol. The maximum atomic E-state index is 4.52. The molecule has 0 aromatic carbocycles. The van der Waals surface area contributed by atoms with E-state index in [4.69, 9.17) is 0 Å². The minimum absolute atomic E-state index is 0.800. The lowest BCUT2D eigenvalue weighted by atomic mass is 10.2. The van der Waals surface area contributed by atoms with Crippen molar-refractivity contribution in [2.45, 2.75) is 25.3 Å². The molecule has 15 heavy (non-hydrogen) atoms. The number of hydrogen-bond donors (Lipinski definition) is 1. The van der Waals surface area contributed by atoms with E-state index in [0.29, 0.717) is 0 Å². The summed E-state index contributed by atoms with van der Waals surface area (Å²) in [5, 5.41) is 3.39. The molecule has 1 saturated heterocycles. The molecule has 3 nitrogen and oxygen atoms in total. The number of hydrogen-bond acceptors (Lipinski definition) is 4. The molecule has 0 amide bonds. The van der Waals surface area contributed by atoms with Gasteiger partial charge in [0.05, 0.1) is 11.2 Å². The van der Waals surface area contributed by atoms with Gasteiger partial charge in [0.2, 0.25) is 0 Å². The van der Waals surface area contributed by atoms with E-state index < -0.39 is 0 Å². The molecule has 82 valence electrons. The van der Waals surface area contributed by atoms with Crippen LogP contribution in [-0.4, -0.2) is 36.1 Å². The first-order valence-corrected chi connectivity index (χ1v) is 6.67. The van der Waals surface area contributed by atoms with Crippen LogP contribution in [0, 0.1) is 0 Å². The van der Waals surface area contributed by atoms with E-state index in [0.717, 1.165) is 25.6 Å². The molecule has 0 radical (unpaired) electrons. The molecule has 0 atom stereocenters. The highest BCUT2D eigenvalue weighted by atomic mass is 32.1. The summed E-state index contributed by atoms with van der Waals surface area (Å²) < 4.78 is 0. The van der Waals surface area contributed by atoms with E-state index in [9.17, 15) is 0 Å². The SMILES string of the molecule is c1nc(C2CC2)c(CN2CCNCC2)s1. The number of nitrogens with zero attached hydrogens (tertiary/aromatic N) is 2. The molecule has 1 aromatic rings. The highest BCUT2D eigenvalue weighted by molar-refractivity contribution is 7.09. The highest BCUT2D eigenvalue weighted by Gasteiger charge is 2.28. The Balaban J connectivity index is 1.67. The van der Waals surface area contributed by atoms with Crippen molar-refractivity contribution >= 4 is 11.3 Å². The number of aromatic nitrogens is 1. The van der Waals surface area contributed by atoms with E-state index >= 15 is 0 Å². The van der Waals surface area contributed by atoms with Crippen LogP contribution in [0.2, 0.25) is 0 Å². The second kappa shape index (κ2) is 4.20. The molecule has 4 heteroatoms. The van der Waals surface area contributed by atoms with E-state index in [1.807, 2.05) is 16.8 Å². The highest BCUT2D eigenvalue weighted by Crippen LogP contribution is 2.42. The third-order valence-corrected chi connectivity index (χ3v) is 4.05. The quantitative estimate of drug-likeness (QED) is 0.840. The summed E-state index contributed by atoms with van der Waals surface area (Å²) in [5.41, 5.74) is 3.42. The Kier molecular flexibility index (Phi) is 2.73. The summed E-state index contributed by atoms with van der Waals surface area (Å²) in [4.78, 5) is 8.57. The molecule has 1 saturated carbocycles. The predicted octanol–water partition coefficient (Wildman–Crippen LogP) is 1.43. The first-order valence-electron chi connectivity index (χ1n) is 5.79. The lowest BCUT2D eigenvalue weighted by Gasteiger charge is -2.26. The van der Waals surface area contributed by atoms with E-state index in [-0.39, 0.29) is 0 Å². The van der Waals surface area contributed by atoms with Crippen LogP contribution in [0.1, 0.15) is 29.3 Å². The molecule has 2 heterocycles. The van der Waals surface area contributed by atoms with Gasteiger partial charge in [-0.25, -0.2) is 4.98 Å². The van der Waals surface area contributed by atoms with Crippen molar-refractivity contribution in [3.63, 3.8) is 0 Å². The van der Waals surface area contributed by atoms with Crippen molar-refractivity contribution in [3.8, 4) is 0 Å². The number of piperazine rings is 1. The van der Waals surface area contributed by atoms with Gasteiger partial charge < -0.3 is 5.32 Å². The fraction of sp³-hybridized carbons (Fsp3) is 0.727. The molecule has 0 bridgehead atoms. The summed E-state index contributed by atoms with van der Waals surface area (Å²) in [6, 6.07) is 0. The van der Waals surface area contributed by atoms with Crippen molar-refractivity contribution in [1.29, 1.82) is 0 Å². The molecule has 0 spiro atoms. The van der Waals surface area contributed by atoms with Crippen molar-refractivity contribution in [1.82, 2.24) is 15.2 Å². The molecular formula is C11H17N3S. The monoisotopic (exact) mass is 223 g/mol. The number of thiazole rings is 1. The third kappa shape index (κ3) is 2.22. The van der Waals surface area contributed by atoms with Crippen molar-refractivity contribution < 1.29 is 0 Å². The van der Waals surface area contributed by atoms with Gasteiger partial charge in [-0.05, 0) is 12.8 Å². The average molecular weight is 223 g/mol. The van der Waals surface area contributed by atoms with Gasteiger partial charge in [-0.3, -0.25) is 4.90 Å². The zero-order valence-electron chi connectivity index (χ0n) is 8.91. The largest absolute Gasteiger partial charge is 0.314 e. The Bertz CT molecular complexity index is 326. The maximum Gasteiger partial charge on any atom is 0.0798 e. The minimum atomic E-state index is 0.800. The molecule has 1 aromatic heterocycles. The van der Waals surface area contributed by atoms with Gasteiger partial charge in [0.25, 0.3) is 0 Å². The molecule has 1 N–H and O–H groups in total. The summed E-state index contributed by atoms with van der Waals surface area (Å²) in [7, 11) is 0. The van der Waals surface area contributed by atoms with Gasteiger partial charge >= 0.3 is 0 Å². The molecule has 1 aliphatic heterocycles. The van der Waals surface area contributed by atoms with E-state index in [1.54, 1.807) is 0 Å². The van der Waals surface area contributed by atoms with Gasteiger partial charge in [-0.15, -0.1) is 11.3 Å². The van der Waals surface area contributed by atoms with Crippen LogP contribution in [0.5, 0.6) is 0 Å². The standard InChI is InChI=1S/C11H17N3S/c1-2-9(1)11-10(15-8-13-11)7-14-5-3-12-4-6-14/h8-9,12H,1-7H2. The Morgan fingerprint density at radius 3 is 2.93 bits per heavy atom. The van der Waals surface area contributed by atoms with Crippen LogP contribution in [0.4, 0.5) is 0 Å². The van der Waals surface area contributed by atoms with Crippen LogP contribution in [0.3, 0.4) is 0 Å². The second-order valence-corrected chi connectivity index (χ2v) is 5.40. The van der Waals surface area contributed by atoms with Crippen LogP contribution < -0.4 is 5.32 Å². The van der Waals surface area contributed by atoms with Crippen molar-refractivity contribution in [2.24, 2.45) is 0 Å². The molecule has 1 aliphatic carbocycles. The molecular weight excluding hydrogens is 206 g/mol. The first-order chi connectivity index (χ1) is 7.43. The van der Waals surface area contributed by atoms with Crippen molar-refractivity contribution in [2.75, 3.05) is 26.2 Å². The third-order valence-electron chi connectivity index (χ3n) is 3.21. The smallest absolute Gasteiger partial charge is 0.0798 e. The van der Waals surface area contributed by atoms with Crippen LogP contribution in [-0.2, 0) is 6.54 Å². The van der Waals surface area contributed by atoms with E-state index in [2.05, 4.69) is 15.2 Å². The molecule has 0 unspecified atom stereocenters. The zero-order valence-corrected chi connectivity index (χ0v) is 9.72. The Morgan fingerprint density at radius 2 is 2.20 bits per heavy atom. The lowest BCUT2D eigenvalue weighted by Crippen LogP contribution is -2.42. The molecule has 2 aliphatic rings. The summed E-state index contributed by atoms with van der Waals surface area (Å²) >= 11 is 1.84. The minimum Gasteiger partial charge on any atom is -0.314 e. The fourth-order valence-corrected chi connectivity index (χ4v) is 3.05. The number of nitrogens with one attached hydrogen (secondary N) is 1. The Morgan fingerprint density at radius 1 is 1.40 bits per heavy atom. The topological polar surface area (TPSA) is 28.2 Å². The normalized spacial score (nSPS) is 23.2. The van der Waals surface area contributed by atoms with Crippen LogP contribution in [0.15, 0.2) is 5.51 Å². The summed E-state index contributed by atoms with van der Waals surface area (Å²) in [5.74, 6) is 0.800. The molecule has 3 rings (SSSR count). The van der Waals surface area contributed by atoms with Crippen LogP contribution >= 0.6 is 11.3 Å². The molecule has 2 fully saturated rings. The Labute approximate surface area is 94.5 Å². The van der Waals surface area contributed by atoms with Crippen LogP contribution in [0.25, 0.3) is 0 Å². The Hall–Kier alpha value is -0.450. The van der Waals surface area contributed by atoms with Gasteiger partial charge in [-0.1, -0.05) is 0 Å². The summed E-state index contributed by atoms with van der Waals surface area (Å²) in [6.45, 7) is 5.76. The van der Waals surface area contributed by atoms with E-state index in [1.165, 1.54) is 36.5 Å². The van der Waals surface area contributed by atoms with Gasteiger partial charge in [0.15, 0.2) is 0 Å². The summed E-state index contributed by atoms with van der Waals surface area (Å²) in [6.07, 6.45) is 2.72. The van der Waals surface area contributed by atoms with Crippen molar-refractivity contribution in [3.05, 3.63) is 16.1 Å². The lowest BCUT2D eigenvalue weighted by molar-refractivity contribution is 0.234. The number of rotatable bonds is 3. The fourth-order valence-electron chi connectivity index (χ4n) is 2.16. The van der Waals surface area contributed by atoms with Gasteiger partial charge in [0.1, 0.15) is 0 Å². The zero-order chi connectivity index (χ0) is 10.1.